The Morgan fingerprint density at radius 1 is 0.938 bits per heavy atom. The number of carbonyl (C=O) groups is 1. The number of phenols is 1. The van der Waals surface area contributed by atoms with Gasteiger partial charge < -0.3 is 24.8 Å². The molecule has 0 bridgehead atoms. The number of phenolic OH excluding ortho intramolecular Hbond substituents is 1. The standard InChI is InChI=1S/C25H31N3O4/c29-21-6-4-20(5-7-21)28-13-11-27(12-14-28)18-24(30)26-25(9-1-2-10-25)19-3-8-22-23(17-19)32-16-15-31-22/h3-8,17,29H,1-2,9-16,18H2,(H,26,30). The second-order valence-corrected chi connectivity index (χ2v) is 8.98. The lowest BCUT2D eigenvalue weighted by Crippen LogP contribution is -2.52. The summed E-state index contributed by atoms with van der Waals surface area (Å²) < 4.78 is 11.5. The zero-order valence-electron chi connectivity index (χ0n) is 18.4. The van der Waals surface area contributed by atoms with Crippen molar-refractivity contribution in [2.75, 3.05) is 50.8 Å². The monoisotopic (exact) mass is 437 g/mol. The van der Waals surface area contributed by atoms with Crippen LogP contribution in [0.3, 0.4) is 0 Å². The highest BCUT2D eigenvalue weighted by molar-refractivity contribution is 5.79. The molecule has 3 aliphatic rings. The maximum absolute atomic E-state index is 13.1. The molecule has 1 aliphatic carbocycles. The van der Waals surface area contributed by atoms with Gasteiger partial charge in [0.05, 0.1) is 12.1 Å². The van der Waals surface area contributed by atoms with Gasteiger partial charge in [0.1, 0.15) is 19.0 Å². The van der Waals surface area contributed by atoms with Crippen LogP contribution < -0.4 is 19.7 Å². The molecular formula is C25H31N3O4. The van der Waals surface area contributed by atoms with Crippen molar-refractivity contribution in [3.05, 3.63) is 48.0 Å². The van der Waals surface area contributed by atoms with Gasteiger partial charge in [0.2, 0.25) is 5.91 Å². The fraction of sp³-hybridized carbons (Fsp3) is 0.480. The van der Waals surface area contributed by atoms with E-state index in [1.807, 2.05) is 18.2 Å². The minimum Gasteiger partial charge on any atom is -0.508 e. The maximum atomic E-state index is 13.1. The van der Waals surface area contributed by atoms with E-state index in [2.05, 4.69) is 27.2 Å². The highest BCUT2D eigenvalue weighted by atomic mass is 16.6. The first-order valence-electron chi connectivity index (χ1n) is 11.6. The topological polar surface area (TPSA) is 74.3 Å². The van der Waals surface area contributed by atoms with Gasteiger partial charge in [0, 0.05) is 31.9 Å². The first kappa shape index (κ1) is 20.9. The molecule has 2 aromatic rings. The number of benzene rings is 2. The van der Waals surface area contributed by atoms with Gasteiger partial charge >= 0.3 is 0 Å². The van der Waals surface area contributed by atoms with Crippen LogP contribution in [0.15, 0.2) is 42.5 Å². The third kappa shape index (κ3) is 4.35. The lowest BCUT2D eigenvalue weighted by molar-refractivity contribution is -0.124. The fourth-order valence-corrected chi connectivity index (χ4v) is 5.14. The average Bonchev–Trinajstić information content (AvgIpc) is 3.29. The Bertz CT molecular complexity index is 948. The first-order valence-corrected chi connectivity index (χ1v) is 11.6. The molecule has 7 nitrogen and oxygen atoms in total. The number of nitrogens with one attached hydrogen (secondary N) is 1. The normalized spacial score (nSPS) is 20.2. The van der Waals surface area contributed by atoms with Gasteiger partial charge in [-0.05, 0) is 54.8 Å². The lowest BCUT2D eigenvalue weighted by Gasteiger charge is -2.37. The van der Waals surface area contributed by atoms with E-state index in [1.165, 1.54) is 0 Å². The van der Waals surface area contributed by atoms with Crippen molar-refractivity contribution in [3.63, 3.8) is 0 Å². The van der Waals surface area contributed by atoms with E-state index in [4.69, 9.17) is 9.47 Å². The average molecular weight is 438 g/mol. The van der Waals surface area contributed by atoms with E-state index in [-0.39, 0.29) is 17.2 Å². The summed E-state index contributed by atoms with van der Waals surface area (Å²) in [6.45, 7) is 4.96. The van der Waals surface area contributed by atoms with E-state index in [0.29, 0.717) is 19.8 Å². The van der Waals surface area contributed by atoms with Gasteiger partial charge in [-0.25, -0.2) is 0 Å². The van der Waals surface area contributed by atoms with Crippen molar-refractivity contribution >= 4 is 11.6 Å². The zero-order valence-corrected chi connectivity index (χ0v) is 18.4. The van der Waals surface area contributed by atoms with Crippen molar-refractivity contribution in [1.29, 1.82) is 0 Å². The summed E-state index contributed by atoms with van der Waals surface area (Å²) in [5, 5.41) is 12.9. The minimum absolute atomic E-state index is 0.0832. The molecule has 2 heterocycles. The Kier molecular flexibility index (Phi) is 5.83. The summed E-state index contributed by atoms with van der Waals surface area (Å²) in [5.41, 5.74) is 1.90. The van der Waals surface area contributed by atoms with Crippen LogP contribution in [0.1, 0.15) is 31.2 Å². The molecule has 0 unspecified atom stereocenters. The van der Waals surface area contributed by atoms with Crippen molar-refractivity contribution in [2.45, 2.75) is 31.2 Å². The first-order chi connectivity index (χ1) is 15.6. The van der Waals surface area contributed by atoms with Crippen molar-refractivity contribution in [2.24, 2.45) is 0 Å². The molecule has 32 heavy (non-hydrogen) atoms. The number of hydrogen-bond donors (Lipinski definition) is 2. The molecule has 0 radical (unpaired) electrons. The number of aromatic hydroxyl groups is 1. The highest BCUT2D eigenvalue weighted by Crippen LogP contribution is 2.42. The van der Waals surface area contributed by atoms with Crippen LogP contribution in [0, 0.1) is 0 Å². The van der Waals surface area contributed by atoms with Crippen LogP contribution in [0.4, 0.5) is 5.69 Å². The van der Waals surface area contributed by atoms with Gasteiger partial charge in [-0.2, -0.15) is 0 Å². The predicted octanol–water partition coefficient (Wildman–Crippen LogP) is 2.87. The van der Waals surface area contributed by atoms with E-state index in [0.717, 1.165) is 74.6 Å². The van der Waals surface area contributed by atoms with Crippen molar-refractivity contribution in [1.82, 2.24) is 10.2 Å². The van der Waals surface area contributed by atoms with Crippen LogP contribution >= 0.6 is 0 Å². The molecule has 2 aromatic carbocycles. The minimum atomic E-state index is -0.319. The second-order valence-electron chi connectivity index (χ2n) is 8.98. The fourth-order valence-electron chi connectivity index (χ4n) is 5.14. The number of nitrogens with zero attached hydrogens (tertiary/aromatic N) is 2. The lowest BCUT2D eigenvalue weighted by atomic mass is 9.87. The van der Waals surface area contributed by atoms with Gasteiger partial charge in [0.25, 0.3) is 0 Å². The van der Waals surface area contributed by atoms with Crippen molar-refractivity contribution < 1.29 is 19.4 Å². The van der Waals surface area contributed by atoms with Gasteiger partial charge in [-0.1, -0.05) is 18.9 Å². The van der Waals surface area contributed by atoms with E-state index >= 15 is 0 Å². The number of carbonyl (C=O) groups excluding carboxylic acids is 1. The summed E-state index contributed by atoms with van der Waals surface area (Å²) in [6.07, 6.45) is 4.13. The third-order valence-corrected chi connectivity index (χ3v) is 6.88. The van der Waals surface area contributed by atoms with E-state index < -0.39 is 0 Å². The second kappa shape index (κ2) is 8.90. The largest absolute Gasteiger partial charge is 0.508 e. The predicted molar refractivity (Wildman–Crippen MR) is 122 cm³/mol. The Hall–Kier alpha value is -2.93. The molecule has 2 N–H and O–H groups in total. The number of amides is 1. The molecule has 0 aromatic heterocycles. The maximum Gasteiger partial charge on any atom is 0.234 e. The number of ether oxygens (including phenoxy) is 2. The van der Waals surface area contributed by atoms with Crippen LogP contribution in [0.25, 0.3) is 0 Å². The number of fused-ring (bicyclic) bond motifs is 1. The van der Waals surface area contributed by atoms with Gasteiger partial charge in [-0.3, -0.25) is 9.69 Å². The van der Waals surface area contributed by atoms with Gasteiger partial charge in [-0.15, -0.1) is 0 Å². The third-order valence-electron chi connectivity index (χ3n) is 6.88. The van der Waals surface area contributed by atoms with E-state index in [1.54, 1.807) is 12.1 Å². The Morgan fingerprint density at radius 2 is 1.62 bits per heavy atom. The molecule has 2 fully saturated rings. The smallest absolute Gasteiger partial charge is 0.234 e. The molecule has 1 amide bonds. The molecular weight excluding hydrogens is 406 g/mol. The highest BCUT2D eigenvalue weighted by Gasteiger charge is 2.38. The number of rotatable bonds is 5. The Labute approximate surface area is 188 Å². The molecule has 0 atom stereocenters. The van der Waals surface area contributed by atoms with Crippen LogP contribution in [0.5, 0.6) is 17.2 Å². The number of hydrogen-bond acceptors (Lipinski definition) is 6. The molecule has 7 heteroatoms. The summed E-state index contributed by atoms with van der Waals surface area (Å²) in [5.74, 6) is 1.92. The zero-order chi connectivity index (χ0) is 22.0. The van der Waals surface area contributed by atoms with Crippen LogP contribution in [-0.2, 0) is 10.3 Å². The molecule has 5 rings (SSSR count). The molecule has 170 valence electrons. The van der Waals surface area contributed by atoms with E-state index in [9.17, 15) is 9.90 Å². The van der Waals surface area contributed by atoms with Crippen molar-refractivity contribution in [3.8, 4) is 17.2 Å². The number of piperazine rings is 1. The Balaban J connectivity index is 1.20. The quantitative estimate of drug-likeness (QED) is 0.749. The Morgan fingerprint density at radius 3 is 2.34 bits per heavy atom. The SMILES string of the molecule is O=C(CN1CCN(c2ccc(O)cc2)CC1)NC1(c2ccc3c(c2)OCCO3)CCCC1. The van der Waals surface area contributed by atoms with Gasteiger partial charge in [0.15, 0.2) is 11.5 Å². The summed E-state index contributed by atoms with van der Waals surface area (Å²) in [6, 6.07) is 13.4. The molecule has 1 saturated carbocycles. The molecule has 0 spiro atoms. The summed E-state index contributed by atoms with van der Waals surface area (Å²) in [7, 11) is 0. The van der Waals surface area contributed by atoms with Crippen LogP contribution in [0.2, 0.25) is 0 Å². The van der Waals surface area contributed by atoms with Crippen LogP contribution in [-0.4, -0.2) is 61.9 Å². The summed E-state index contributed by atoms with van der Waals surface area (Å²) >= 11 is 0. The molecule has 2 aliphatic heterocycles. The number of anilines is 1. The molecule has 1 saturated heterocycles. The summed E-state index contributed by atoms with van der Waals surface area (Å²) in [4.78, 5) is 17.6.